The molecule has 0 bridgehead atoms. The molecule has 3 N–H and O–H groups in total. The van der Waals surface area contributed by atoms with E-state index in [1.54, 1.807) is 0 Å². The van der Waals surface area contributed by atoms with Crippen LogP contribution in [0.4, 0.5) is 0 Å². The predicted octanol–water partition coefficient (Wildman–Crippen LogP) is 0.0945. The molecule has 0 radical (unpaired) electrons. The second kappa shape index (κ2) is 5.05. The van der Waals surface area contributed by atoms with Crippen molar-refractivity contribution in [2.45, 2.75) is 6.42 Å². The molecule has 0 atom stereocenters. The van der Waals surface area contributed by atoms with Crippen molar-refractivity contribution < 1.29 is 9.53 Å². The van der Waals surface area contributed by atoms with Gasteiger partial charge in [-0.1, -0.05) is 0 Å². The number of hydrogen-bond donors (Lipinski definition) is 2. The molecular formula is C5H9ClN2O2. The summed E-state index contributed by atoms with van der Waals surface area (Å²) in [6, 6.07) is 0. The summed E-state index contributed by atoms with van der Waals surface area (Å²) in [7, 11) is 0. The van der Waals surface area contributed by atoms with E-state index in [9.17, 15) is 4.79 Å². The van der Waals surface area contributed by atoms with Gasteiger partial charge in [0.2, 0.25) is 0 Å². The number of halogens is 1. The average Bonchev–Trinajstić information content (AvgIpc) is 1.82. The Morgan fingerprint density at radius 2 is 2.30 bits per heavy atom. The van der Waals surface area contributed by atoms with Crippen LogP contribution >= 0.6 is 11.6 Å². The third-order valence-electron chi connectivity index (χ3n) is 0.675. The first-order chi connectivity index (χ1) is 4.66. The molecule has 0 rings (SSSR count). The molecule has 0 aliphatic heterocycles. The van der Waals surface area contributed by atoms with Crippen LogP contribution in [0.1, 0.15) is 6.42 Å². The number of rotatable bonds is 4. The molecule has 0 saturated carbocycles. The Kier molecular flexibility index (Phi) is 4.66. The summed E-state index contributed by atoms with van der Waals surface area (Å²) in [6.45, 7) is 0.174. The number of ether oxygens (including phenoxy) is 1. The lowest BCUT2D eigenvalue weighted by atomic mass is 10.4. The van der Waals surface area contributed by atoms with E-state index in [-0.39, 0.29) is 24.7 Å². The van der Waals surface area contributed by atoms with Crippen molar-refractivity contribution in [3.8, 4) is 0 Å². The number of carbonyl (C=O) groups excluding carboxylic acids is 1. The molecule has 0 aromatic heterocycles. The monoisotopic (exact) mass is 164 g/mol. The molecule has 0 aromatic rings. The van der Waals surface area contributed by atoms with Gasteiger partial charge in [0, 0.05) is 0 Å². The lowest BCUT2D eigenvalue weighted by Gasteiger charge is -1.99. The Morgan fingerprint density at radius 3 is 2.70 bits per heavy atom. The summed E-state index contributed by atoms with van der Waals surface area (Å²) in [6.07, 6.45) is -0.156. The fraction of sp³-hybridized carbons (Fsp3) is 0.600. The smallest absolute Gasteiger partial charge is 0.313 e. The Morgan fingerprint density at radius 1 is 1.70 bits per heavy atom. The van der Waals surface area contributed by atoms with Gasteiger partial charge < -0.3 is 10.5 Å². The van der Waals surface area contributed by atoms with Gasteiger partial charge >= 0.3 is 5.97 Å². The molecule has 0 aromatic carbocycles. The maximum absolute atomic E-state index is 10.5. The highest BCUT2D eigenvalue weighted by molar-refractivity contribution is 6.18. The molecule has 0 fully saturated rings. The second-order valence-electron chi connectivity index (χ2n) is 1.61. The Hall–Kier alpha value is -0.770. The number of nitrogens with two attached hydrogens (primary N) is 1. The van der Waals surface area contributed by atoms with Crippen LogP contribution in [0, 0.1) is 5.41 Å². The number of hydrogen-bond acceptors (Lipinski definition) is 3. The van der Waals surface area contributed by atoms with Gasteiger partial charge in [0.25, 0.3) is 0 Å². The van der Waals surface area contributed by atoms with Gasteiger partial charge in [-0.25, -0.2) is 0 Å². The highest BCUT2D eigenvalue weighted by atomic mass is 35.5. The van der Waals surface area contributed by atoms with E-state index in [2.05, 4.69) is 4.74 Å². The quantitative estimate of drug-likeness (QED) is 0.268. The highest BCUT2D eigenvalue weighted by Crippen LogP contribution is 1.86. The van der Waals surface area contributed by atoms with Gasteiger partial charge in [-0.05, 0) is 0 Å². The molecule has 5 heteroatoms. The first-order valence-corrected chi connectivity index (χ1v) is 3.24. The van der Waals surface area contributed by atoms with E-state index in [1.807, 2.05) is 0 Å². The largest absolute Gasteiger partial charge is 0.464 e. The van der Waals surface area contributed by atoms with Crippen LogP contribution in [0.2, 0.25) is 0 Å². The molecule has 0 aliphatic rings. The summed E-state index contributed by atoms with van der Waals surface area (Å²) >= 11 is 5.22. The molecule has 0 heterocycles. The fourth-order valence-electron chi connectivity index (χ4n) is 0.359. The van der Waals surface area contributed by atoms with Gasteiger partial charge in [-0.15, -0.1) is 11.6 Å². The molecule has 0 saturated heterocycles. The van der Waals surface area contributed by atoms with Crippen LogP contribution in [0.25, 0.3) is 0 Å². The number of esters is 1. The van der Waals surface area contributed by atoms with Crippen LogP contribution in [0.5, 0.6) is 0 Å². The standard InChI is InChI=1S/C5H9ClN2O2/c6-1-2-10-5(9)3-4(7)8/h1-3H2,(H3,7,8). The zero-order valence-electron chi connectivity index (χ0n) is 5.39. The van der Waals surface area contributed by atoms with Crippen molar-refractivity contribution >= 4 is 23.4 Å². The SMILES string of the molecule is N=C(N)CC(=O)OCCCl. The van der Waals surface area contributed by atoms with E-state index < -0.39 is 5.97 Å². The van der Waals surface area contributed by atoms with Crippen LogP contribution in [-0.4, -0.2) is 24.3 Å². The van der Waals surface area contributed by atoms with Crippen LogP contribution in [0.3, 0.4) is 0 Å². The van der Waals surface area contributed by atoms with Crippen molar-refractivity contribution in [2.75, 3.05) is 12.5 Å². The molecule has 4 nitrogen and oxygen atoms in total. The normalized spacial score (nSPS) is 8.90. The maximum Gasteiger partial charge on any atom is 0.313 e. The van der Waals surface area contributed by atoms with Crippen molar-refractivity contribution in [1.82, 2.24) is 0 Å². The summed E-state index contributed by atoms with van der Waals surface area (Å²) in [5.41, 5.74) is 4.91. The third kappa shape index (κ3) is 5.37. The second-order valence-corrected chi connectivity index (χ2v) is 1.99. The molecule has 0 unspecified atom stereocenters. The van der Waals surface area contributed by atoms with Gasteiger partial charge in [-0.3, -0.25) is 10.2 Å². The van der Waals surface area contributed by atoms with Gasteiger partial charge in [0.05, 0.1) is 5.88 Å². The highest BCUT2D eigenvalue weighted by Gasteiger charge is 2.02. The summed E-state index contributed by atoms with van der Waals surface area (Å²) in [5, 5.41) is 6.70. The van der Waals surface area contributed by atoms with E-state index in [1.165, 1.54) is 0 Å². The summed E-state index contributed by atoms with van der Waals surface area (Å²) in [5.74, 6) is -0.434. The summed E-state index contributed by atoms with van der Waals surface area (Å²) < 4.78 is 4.51. The first kappa shape index (κ1) is 9.23. The number of nitrogens with one attached hydrogen (secondary N) is 1. The minimum absolute atomic E-state index is 0.156. The summed E-state index contributed by atoms with van der Waals surface area (Å²) in [4.78, 5) is 10.5. The van der Waals surface area contributed by atoms with Gasteiger partial charge in [-0.2, -0.15) is 0 Å². The van der Waals surface area contributed by atoms with Gasteiger partial charge in [0.15, 0.2) is 0 Å². The zero-order chi connectivity index (χ0) is 7.98. The van der Waals surface area contributed by atoms with Gasteiger partial charge in [0.1, 0.15) is 18.9 Å². The lowest BCUT2D eigenvalue weighted by Crippen LogP contribution is -2.17. The third-order valence-corrected chi connectivity index (χ3v) is 0.829. The predicted molar refractivity (Wildman–Crippen MR) is 38.2 cm³/mol. The topological polar surface area (TPSA) is 76.2 Å². The van der Waals surface area contributed by atoms with E-state index in [0.717, 1.165) is 0 Å². The Bertz CT molecular complexity index is 138. The van der Waals surface area contributed by atoms with Crippen molar-refractivity contribution in [3.05, 3.63) is 0 Å². The minimum Gasteiger partial charge on any atom is -0.464 e. The first-order valence-electron chi connectivity index (χ1n) is 2.71. The zero-order valence-corrected chi connectivity index (χ0v) is 6.15. The molecule has 0 aliphatic carbocycles. The molecular weight excluding hydrogens is 156 g/mol. The molecule has 0 spiro atoms. The van der Waals surface area contributed by atoms with Crippen LogP contribution in [0.15, 0.2) is 0 Å². The van der Waals surface area contributed by atoms with E-state index in [4.69, 9.17) is 22.7 Å². The number of carbonyl (C=O) groups is 1. The minimum atomic E-state index is -0.506. The fourth-order valence-corrected chi connectivity index (χ4v) is 0.436. The molecule has 10 heavy (non-hydrogen) atoms. The maximum atomic E-state index is 10.5. The molecule has 58 valence electrons. The lowest BCUT2D eigenvalue weighted by molar-refractivity contribution is -0.141. The van der Waals surface area contributed by atoms with Crippen molar-refractivity contribution in [1.29, 1.82) is 5.41 Å². The number of alkyl halides is 1. The van der Waals surface area contributed by atoms with Crippen LogP contribution in [-0.2, 0) is 9.53 Å². The Labute approximate surface area is 63.8 Å². The van der Waals surface area contributed by atoms with Crippen molar-refractivity contribution in [2.24, 2.45) is 5.73 Å². The van der Waals surface area contributed by atoms with Crippen molar-refractivity contribution in [3.63, 3.8) is 0 Å². The van der Waals surface area contributed by atoms with Crippen LogP contribution < -0.4 is 5.73 Å². The number of amidine groups is 1. The average molecular weight is 165 g/mol. The molecule has 0 amide bonds. The van der Waals surface area contributed by atoms with E-state index in [0.29, 0.717) is 0 Å². The van der Waals surface area contributed by atoms with E-state index >= 15 is 0 Å². The Balaban J connectivity index is 3.35.